The van der Waals surface area contributed by atoms with E-state index in [9.17, 15) is 32.7 Å². The van der Waals surface area contributed by atoms with Crippen molar-refractivity contribution >= 4 is 33.7 Å². The van der Waals surface area contributed by atoms with Crippen molar-refractivity contribution in [1.82, 2.24) is 20.7 Å². The molecule has 0 aromatic heterocycles. The van der Waals surface area contributed by atoms with Gasteiger partial charge in [-0.25, -0.2) is 13.1 Å². The summed E-state index contributed by atoms with van der Waals surface area (Å²) in [6.45, 7) is 3.57. The molecule has 43 heavy (non-hydrogen) atoms. The van der Waals surface area contributed by atoms with Gasteiger partial charge in [-0.15, -0.1) is 0 Å². The van der Waals surface area contributed by atoms with E-state index in [-0.39, 0.29) is 18.2 Å². The maximum absolute atomic E-state index is 12.5. The number of carboxylic acids is 1. The van der Waals surface area contributed by atoms with Crippen molar-refractivity contribution in [3.05, 3.63) is 0 Å². The molecule has 12 heteroatoms. The van der Waals surface area contributed by atoms with Gasteiger partial charge in [-0.2, -0.15) is 0 Å². The fraction of sp³-hybridized carbons (Fsp3) is 0.871. The molecule has 0 radical (unpaired) electrons. The number of carboxylic acid groups (broad SMARTS) is 1. The Labute approximate surface area is 260 Å². The molecule has 0 aliphatic heterocycles. The third-order valence-electron chi connectivity index (χ3n) is 7.21. The minimum Gasteiger partial charge on any atom is -0.481 e. The molecule has 252 valence electrons. The predicted molar refractivity (Wildman–Crippen MR) is 171 cm³/mol. The van der Waals surface area contributed by atoms with Crippen molar-refractivity contribution in [2.24, 2.45) is 0 Å². The van der Waals surface area contributed by atoms with E-state index in [1.165, 1.54) is 57.8 Å². The summed E-state index contributed by atoms with van der Waals surface area (Å²) in [4.78, 5) is 47.9. The molecule has 1 atom stereocenters. The molecule has 11 nitrogen and oxygen atoms in total. The summed E-state index contributed by atoms with van der Waals surface area (Å²) in [7, 11) is -3.17. The molecular weight excluding hydrogens is 572 g/mol. The average molecular weight is 633 g/mol. The first-order valence-electron chi connectivity index (χ1n) is 16.5. The van der Waals surface area contributed by atoms with Crippen molar-refractivity contribution in [3.63, 3.8) is 0 Å². The highest BCUT2D eigenvalue weighted by Gasteiger charge is 2.23. The van der Waals surface area contributed by atoms with Crippen LogP contribution in [0.3, 0.4) is 0 Å². The van der Waals surface area contributed by atoms with Crippen LogP contribution < -0.4 is 20.7 Å². The molecular formula is C31H60N4O7S. The highest BCUT2D eigenvalue weighted by Crippen LogP contribution is 2.12. The van der Waals surface area contributed by atoms with Gasteiger partial charge in [-0.3, -0.25) is 19.2 Å². The number of amides is 3. The van der Waals surface area contributed by atoms with Crippen LogP contribution in [0, 0.1) is 0 Å². The molecule has 0 saturated heterocycles. The molecule has 0 spiro atoms. The Morgan fingerprint density at radius 1 is 0.605 bits per heavy atom. The van der Waals surface area contributed by atoms with Crippen molar-refractivity contribution in [1.29, 1.82) is 0 Å². The zero-order chi connectivity index (χ0) is 32.2. The summed E-state index contributed by atoms with van der Waals surface area (Å²) >= 11 is 0. The number of sulfonamides is 1. The van der Waals surface area contributed by atoms with Gasteiger partial charge in [0.15, 0.2) is 0 Å². The standard InChI is InChI=1S/C31H60N4O7S/c1-3-4-5-6-7-8-9-10-11-12-13-18-24-33-31(40)27(26-30(38)39)35-29(37)22-17-14-19-23-32-28(36)21-16-15-20-25-34-43(2,41)42/h27,34H,3-26H2,1-2H3,(H,32,36)(H,33,40)(H,35,37)(H,38,39)/t27-/m0/s1. The zero-order valence-corrected chi connectivity index (χ0v) is 27.7. The lowest BCUT2D eigenvalue weighted by Gasteiger charge is -2.17. The predicted octanol–water partition coefficient (Wildman–Crippen LogP) is 4.55. The monoisotopic (exact) mass is 632 g/mol. The van der Waals surface area contributed by atoms with E-state index in [1.807, 2.05) is 0 Å². The third-order valence-corrected chi connectivity index (χ3v) is 7.94. The number of hydrogen-bond acceptors (Lipinski definition) is 6. The van der Waals surface area contributed by atoms with Crippen LogP contribution in [0.2, 0.25) is 0 Å². The summed E-state index contributed by atoms with van der Waals surface area (Å²) in [6.07, 6.45) is 20.0. The lowest BCUT2D eigenvalue weighted by molar-refractivity contribution is -0.140. The van der Waals surface area contributed by atoms with Crippen LogP contribution >= 0.6 is 0 Å². The van der Waals surface area contributed by atoms with Crippen LogP contribution in [0.25, 0.3) is 0 Å². The van der Waals surface area contributed by atoms with Gasteiger partial charge in [-0.1, -0.05) is 90.4 Å². The van der Waals surface area contributed by atoms with Crippen molar-refractivity contribution in [2.45, 2.75) is 148 Å². The number of hydrogen-bond donors (Lipinski definition) is 5. The maximum atomic E-state index is 12.5. The van der Waals surface area contributed by atoms with Crippen LogP contribution in [-0.4, -0.2) is 69.1 Å². The van der Waals surface area contributed by atoms with Gasteiger partial charge in [0.1, 0.15) is 6.04 Å². The first kappa shape index (κ1) is 40.8. The van der Waals surface area contributed by atoms with Gasteiger partial charge in [0.05, 0.1) is 12.7 Å². The summed E-state index contributed by atoms with van der Waals surface area (Å²) in [6, 6.07) is -1.09. The van der Waals surface area contributed by atoms with Gasteiger partial charge >= 0.3 is 5.97 Å². The molecule has 0 aliphatic rings. The fourth-order valence-electron chi connectivity index (χ4n) is 4.70. The number of aliphatic carboxylic acids is 1. The number of rotatable bonds is 30. The largest absolute Gasteiger partial charge is 0.481 e. The van der Waals surface area contributed by atoms with Crippen molar-refractivity contribution < 1.29 is 32.7 Å². The van der Waals surface area contributed by atoms with Crippen LogP contribution in [0.15, 0.2) is 0 Å². The van der Waals surface area contributed by atoms with E-state index in [0.29, 0.717) is 58.2 Å². The molecule has 0 aromatic rings. The zero-order valence-electron chi connectivity index (χ0n) is 26.9. The smallest absolute Gasteiger partial charge is 0.305 e. The molecule has 0 bridgehead atoms. The van der Waals surface area contributed by atoms with Gasteiger partial charge in [-0.05, 0) is 32.1 Å². The lowest BCUT2D eigenvalue weighted by atomic mass is 10.1. The number of unbranched alkanes of at least 4 members (excludes halogenated alkanes) is 15. The first-order chi connectivity index (χ1) is 20.5. The fourth-order valence-corrected chi connectivity index (χ4v) is 5.21. The SMILES string of the molecule is CCCCCCCCCCCCCCNC(=O)[C@H](CC(=O)O)NC(=O)CCCCCNC(=O)CCCCCNS(C)(=O)=O. The van der Waals surface area contributed by atoms with Crippen LogP contribution in [0.1, 0.15) is 142 Å². The molecule has 3 amide bonds. The van der Waals surface area contributed by atoms with Gasteiger partial charge in [0.25, 0.3) is 0 Å². The Morgan fingerprint density at radius 2 is 1.05 bits per heavy atom. The summed E-state index contributed by atoms with van der Waals surface area (Å²) < 4.78 is 24.4. The van der Waals surface area contributed by atoms with E-state index in [1.54, 1.807) is 0 Å². The molecule has 0 rings (SSSR count). The molecule has 0 heterocycles. The average Bonchev–Trinajstić information content (AvgIpc) is 2.93. The molecule has 0 fully saturated rings. The minimum atomic E-state index is -3.17. The first-order valence-corrected chi connectivity index (χ1v) is 18.4. The van der Waals surface area contributed by atoms with Gasteiger partial charge in [0.2, 0.25) is 27.7 Å². The van der Waals surface area contributed by atoms with Gasteiger partial charge in [0, 0.05) is 32.5 Å². The summed E-state index contributed by atoms with van der Waals surface area (Å²) in [5, 5.41) is 17.3. The highest BCUT2D eigenvalue weighted by molar-refractivity contribution is 7.88. The van der Waals surface area contributed by atoms with E-state index in [2.05, 4.69) is 27.6 Å². The van der Waals surface area contributed by atoms with E-state index in [0.717, 1.165) is 31.9 Å². The minimum absolute atomic E-state index is 0.0557. The lowest BCUT2D eigenvalue weighted by Crippen LogP contribution is -2.48. The van der Waals surface area contributed by atoms with E-state index < -0.39 is 34.4 Å². The highest BCUT2D eigenvalue weighted by atomic mass is 32.2. The Hall–Kier alpha value is -2.21. The topological polar surface area (TPSA) is 171 Å². The van der Waals surface area contributed by atoms with Crippen molar-refractivity contribution in [3.8, 4) is 0 Å². The van der Waals surface area contributed by atoms with E-state index in [4.69, 9.17) is 0 Å². The third kappa shape index (κ3) is 29.6. The Morgan fingerprint density at radius 3 is 1.56 bits per heavy atom. The van der Waals surface area contributed by atoms with Crippen molar-refractivity contribution in [2.75, 3.05) is 25.9 Å². The molecule has 0 saturated carbocycles. The van der Waals surface area contributed by atoms with Crippen LogP contribution in [0.4, 0.5) is 0 Å². The molecule has 5 N–H and O–H groups in total. The van der Waals surface area contributed by atoms with Crippen LogP contribution in [0.5, 0.6) is 0 Å². The molecule has 0 aliphatic carbocycles. The Kier molecular flexibility index (Phi) is 25.9. The summed E-state index contributed by atoms with van der Waals surface area (Å²) in [5.41, 5.74) is 0. The maximum Gasteiger partial charge on any atom is 0.305 e. The van der Waals surface area contributed by atoms with Gasteiger partial charge < -0.3 is 21.1 Å². The number of carbonyl (C=O) groups excluding carboxylic acids is 3. The summed E-state index contributed by atoms with van der Waals surface area (Å²) in [5.74, 6) is -2.03. The molecule has 0 aromatic carbocycles. The van der Waals surface area contributed by atoms with E-state index >= 15 is 0 Å². The normalized spacial score (nSPS) is 12.0. The Balaban J connectivity index is 3.90. The van der Waals surface area contributed by atoms with Crippen LogP contribution in [-0.2, 0) is 29.2 Å². The number of carbonyl (C=O) groups is 4. The Bertz CT molecular complexity index is 868. The second-order valence-corrected chi connectivity index (χ2v) is 13.4. The molecule has 0 unspecified atom stereocenters. The second kappa shape index (κ2) is 27.3. The number of nitrogens with one attached hydrogen (secondary N) is 4. The quantitative estimate of drug-likeness (QED) is 0.0723. The second-order valence-electron chi connectivity index (χ2n) is 11.5.